The molecule has 1 aromatic rings. The number of aliphatic imine (C=N–C) groups is 1. The lowest BCUT2D eigenvalue weighted by Crippen LogP contribution is -1.99. The summed E-state index contributed by atoms with van der Waals surface area (Å²) in [4.78, 5) is 4.33. The fourth-order valence-electron chi connectivity index (χ4n) is 1.31. The topological polar surface area (TPSA) is 30.8 Å². The molecule has 1 heterocycles. The first-order valence-electron chi connectivity index (χ1n) is 4.97. The minimum Gasteiger partial charge on any atom is -0.499 e. The lowest BCUT2D eigenvalue weighted by molar-refractivity contribution is 0.261. The molecule has 0 atom stereocenters. The Kier molecular flexibility index (Phi) is 3.02. The molecule has 1 aliphatic rings. The van der Waals surface area contributed by atoms with Crippen molar-refractivity contribution in [3.63, 3.8) is 0 Å². The molecule has 0 saturated carbocycles. The molecule has 15 heavy (non-hydrogen) atoms. The van der Waals surface area contributed by atoms with Crippen LogP contribution >= 0.6 is 0 Å². The third-order valence-corrected chi connectivity index (χ3v) is 2.01. The Balaban J connectivity index is 2.13. The third kappa shape index (κ3) is 2.37. The lowest BCUT2D eigenvalue weighted by Gasteiger charge is -1.98. The van der Waals surface area contributed by atoms with E-state index in [2.05, 4.69) is 4.99 Å². The van der Waals surface area contributed by atoms with Crippen molar-refractivity contribution in [2.45, 2.75) is 6.92 Å². The van der Waals surface area contributed by atoms with Crippen molar-refractivity contribution >= 4 is 5.90 Å². The Labute approximate surface area is 89.0 Å². The first-order valence-corrected chi connectivity index (χ1v) is 4.97. The zero-order chi connectivity index (χ0) is 10.5. The van der Waals surface area contributed by atoms with Gasteiger partial charge in [0.1, 0.15) is 18.6 Å². The minimum absolute atomic E-state index is 0.490. The second-order valence-electron chi connectivity index (χ2n) is 3.14. The van der Waals surface area contributed by atoms with Crippen LogP contribution in [0.15, 0.2) is 47.3 Å². The van der Waals surface area contributed by atoms with Crippen LogP contribution in [0.2, 0.25) is 0 Å². The molecule has 0 saturated heterocycles. The van der Waals surface area contributed by atoms with Crippen LogP contribution in [0.1, 0.15) is 12.5 Å². The second-order valence-corrected chi connectivity index (χ2v) is 3.14. The van der Waals surface area contributed by atoms with Gasteiger partial charge in [-0.3, -0.25) is 0 Å². The summed E-state index contributed by atoms with van der Waals surface area (Å²) in [5.74, 6) is 0.668. The van der Waals surface area contributed by atoms with E-state index in [-0.39, 0.29) is 0 Å². The van der Waals surface area contributed by atoms with Crippen molar-refractivity contribution in [3.8, 4) is 0 Å². The highest BCUT2D eigenvalue weighted by Gasteiger charge is 2.13. The van der Waals surface area contributed by atoms with E-state index in [9.17, 15) is 0 Å². The van der Waals surface area contributed by atoms with E-state index in [4.69, 9.17) is 9.47 Å². The predicted molar refractivity (Wildman–Crippen MR) is 58.6 cm³/mol. The maximum atomic E-state index is 5.45. The molecule has 0 fully saturated rings. The average Bonchev–Trinajstić information content (AvgIpc) is 2.76. The second kappa shape index (κ2) is 4.64. The zero-order valence-corrected chi connectivity index (χ0v) is 8.64. The smallest absolute Gasteiger partial charge is 0.221 e. The third-order valence-electron chi connectivity index (χ3n) is 2.01. The minimum atomic E-state index is 0.490. The number of nitrogens with zero attached hydrogens (tertiary/aromatic N) is 1. The number of hydrogen-bond acceptors (Lipinski definition) is 3. The van der Waals surface area contributed by atoms with E-state index in [0.29, 0.717) is 19.1 Å². The molecule has 0 aromatic heterocycles. The van der Waals surface area contributed by atoms with E-state index >= 15 is 0 Å². The molecule has 3 nitrogen and oxygen atoms in total. The van der Waals surface area contributed by atoms with Crippen LogP contribution in [0, 0.1) is 0 Å². The molecule has 0 bridgehead atoms. The van der Waals surface area contributed by atoms with Crippen molar-refractivity contribution in [2.24, 2.45) is 4.99 Å². The SMILES string of the molecule is CCOC=C1COC(c2ccccc2)=N1. The number of rotatable bonds is 3. The van der Waals surface area contributed by atoms with Gasteiger partial charge >= 0.3 is 0 Å². The molecule has 2 rings (SSSR count). The van der Waals surface area contributed by atoms with E-state index in [1.165, 1.54) is 0 Å². The quantitative estimate of drug-likeness (QED) is 0.706. The predicted octanol–water partition coefficient (Wildman–Crippen LogP) is 2.34. The molecule has 0 radical (unpaired) electrons. The molecule has 78 valence electrons. The number of benzene rings is 1. The van der Waals surface area contributed by atoms with Gasteiger partial charge in [-0.25, -0.2) is 4.99 Å². The van der Waals surface area contributed by atoms with Crippen molar-refractivity contribution in [1.29, 1.82) is 0 Å². The molecule has 3 heteroatoms. The summed E-state index contributed by atoms with van der Waals surface area (Å²) in [5, 5.41) is 0. The molecule has 0 amide bonds. The van der Waals surface area contributed by atoms with Crippen molar-refractivity contribution in [3.05, 3.63) is 47.9 Å². The van der Waals surface area contributed by atoms with Crippen molar-refractivity contribution < 1.29 is 9.47 Å². The van der Waals surface area contributed by atoms with E-state index < -0.39 is 0 Å². The molecule has 0 unspecified atom stereocenters. The Morgan fingerprint density at radius 3 is 2.93 bits per heavy atom. The number of hydrogen-bond donors (Lipinski definition) is 0. The Morgan fingerprint density at radius 1 is 1.40 bits per heavy atom. The zero-order valence-electron chi connectivity index (χ0n) is 8.64. The first kappa shape index (κ1) is 9.77. The number of ether oxygens (including phenoxy) is 2. The van der Waals surface area contributed by atoms with Gasteiger partial charge in [-0.2, -0.15) is 0 Å². The van der Waals surface area contributed by atoms with Gasteiger partial charge in [-0.05, 0) is 19.1 Å². The summed E-state index contributed by atoms with van der Waals surface area (Å²) in [6.07, 6.45) is 1.65. The molecular formula is C12H13NO2. The van der Waals surface area contributed by atoms with Crippen LogP contribution in [0.3, 0.4) is 0 Å². The Bertz CT molecular complexity index is 382. The normalized spacial score (nSPS) is 17.4. The van der Waals surface area contributed by atoms with Gasteiger partial charge in [0.25, 0.3) is 0 Å². The Hall–Kier alpha value is -1.77. The lowest BCUT2D eigenvalue weighted by atomic mass is 10.2. The Morgan fingerprint density at radius 2 is 2.20 bits per heavy atom. The van der Waals surface area contributed by atoms with Crippen LogP contribution in [-0.4, -0.2) is 19.1 Å². The van der Waals surface area contributed by atoms with Crippen LogP contribution in [0.25, 0.3) is 0 Å². The van der Waals surface area contributed by atoms with Crippen LogP contribution in [-0.2, 0) is 9.47 Å². The molecular weight excluding hydrogens is 190 g/mol. The fraction of sp³-hybridized carbons (Fsp3) is 0.250. The van der Waals surface area contributed by atoms with E-state index in [1.54, 1.807) is 6.26 Å². The highest BCUT2D eigenvalue weighted by molar-refractivity contribution is 5.95. The maximum absolute atomic E-state index is 5.45. The standard InChI is InChI=1S/C12H13NO2/c1-2-14-8-11-9-15-12(13-11)10-6-4-3-5-7-10/h3-8H,2,9H2,1H3. The van der Waals surface area contributed by atoms with Crippen LogP contribution in [0.5, 0.6) is 0 Å². The van der Waals surface area contributed by atoms with E-state index in [0.717, 1.165) is 11.3 Å². The summed E-state index contributed by atoms with van der Waals surface area (Å²) in [5.41, 5.74) is 1.83. The van der Waals surface area contributed by atoms with Gasteiger partial charge in [0.15, 0.2) is 0 Å². The first-order chi connectivity index (χ1) is 7.40. The summed E-state index contributed by atoms with van der Waals surface area (Å²) < 4.78 is 10.6. The summed E-state index contributed by atoms with van der Waals surface area (Å²) >= 11 is 0. The largest absolute Gasteiger partial charge is 0.499 e. The molecule has 0 spiro atoms. The van der Waals surface area contributed by atoms with Gasteiger partial charge < -0.3 is 9.47 Å². The van der Waals surface area contributed by atoms with Gasteiger partial charge in [0.05, 0.1) is 6.61 Å². The maximum Gasteiger partial charge on any atom is 0.221 e. The van der Waals surface area contributed by atoms with Crippen molar-refractivity contribution in [1.82, 2.24) is 0 Å². The van der Waals surface area contributed by atoms with Gasteiger partial charge in [0.2, 0.25) is 5.90 Å². The molecule has 0 aliphatic carbocycles. The monoisotopic (exact) mass is 203 g/mol. The van der Waals surface area contributed by atoms with Gasteiger partial charge in [-0.15, -0.1) is 0 Å². The average molecular weight is 203 g/mol. The van der Waals surface area contributed by atoms with Crippen LogP contribution < -0.4 is 0 Å². The summed E-state index contributed by atoms with van der Waals surface area (Å²) in [6.45, 7) is 3.08. The van der Waals surface area contributed by atoms with Crippen molar-refractivity contribution in [2.75, 3.05) is 13.2 Å². The molecule has 1 aromatic carbocycles. The van der Waals surface area contributed by atoms with E-state index in [1.807, 2.05) is 37.3 Å². The highest BCUT2D eigenvalue weighted by atomic mass is 16.5. The summed E-state index contributed by atoms with van der Waals surface area (Å²) in [6, 6.07) is 9.85. The molecule has 0 N–H and O–H groups in total. The van der Waals surface area contributed by atoms with Gasteiger partial charge in [-0.1, -0.05) is 18.2 Å². The highest BCUT2D eigenvalue weighted by Crippen LogP contribution is 2.14. The summed E-state index contributed by atoms with van der Waals surface area (Å²) in [7, 11) is 0. The van der Waals surface area contributed by atoms with Gasteiger partial charge in [0, 0.05) is 5.56 Å². The van der Waals surface area contributed by atoms with Crippen LogP contribution in [0.4, 0.5) is 0 Å². The molecule has 1 aliphatic heterocycles. The fourth-order valence-corrected chi connectivity index (χ4v) is 1.31.